The van der Waals surface area contributed by atoms with Gasteiger partial charge in [-0.2, -0.15) is 4.31 Å². The molecule has 2 aromatic rings. The smallest absolute Gasteiger partial charge is 0.252 e. The van der Waals surface area contributed by atoms with Crippen LogP contribution in [-0.2, 0) is 24.3 Å². The van der Waals surface area contributed by atoms with E-state index in [4.69, 9.17) is 4.74 Å². The summed E-state index contributed by atoms with van der Waals surface area (Å²) >= 11 is 6.66. The van der Waals surface area contributed by atoms with Crippen LogP contribution in [0.5, 0.6) is 0 Å². The number of imide groups is 1. The highest BCUT2D eigenvalue weighted by Crippen LogP contribution is 2.30. The van der Waals surface area contributed by atoms with Gasteiger partial charge < -0.3 is 4.74 Å². The van der Waals surface area contributed by atoms with Crippen molar-refractivity contribution in [3.05, 3.63) is 57.5 Å². The topological polar surface area (TPSA) is 87.2 Å². The second kappa shape index (κ2) is 10.3. The summed E-state index contributed by atoms with van der Waals surface area (Å²) in [5.74, 6) is -0.959. The molecular weight excluding hydrogens is 578 g/mol. The van der Waals surface area contributed by atoms with Crippen molar-refractivity contribution in [3.8, 4) is 0 Å². The first-order valence-corrected chi connectivity index (χ1v) is 13.5. The van der Waals surface area contributed by atoms with Crippen molar-refractivity contribution in [1.82, 2.24) is 9.21 Å². The Kier molecular flexibility index (Phi) is 7.66. The third kappa shape index (κ3) is 5.39. The van der Waals surface area contributed by atoms with E-state index in [0.717, 1.165) is 13.8 Å². The zero-order chi connectivity index (χ0) is 23.6. The molecule has 2 aliphatic heterocycles. The minimum absolute atomic E-state index is 0.0787. The van der Waals surface area contributed by atoms with Crippen LogP contribution in [0.4, 0.5) is 5.69 Å². The van der Waals surface area contributed by atoms with E-state index in [2.05, 4.69) is 36.8 Å². The molecule has 2 amide bonds. The van der Waals surface area contributed by atoms with E-state index in [1.807, 2.05) is 0 Å². The normalized spacial score (nSPS) is 20.1. The Morgan fingerprint density at radius 2 is 1.52 bits per heavy atom. The standard InChI is InChI=1S/C22H23Br2N3O5S/c23-16-1-5-18(6-2-16)27-21(28)15-20(22(27)29)26(10-9-25-11-13-32-14-12-25)33(30,31)19-7-3-17(24)4-8-19/h1-8,20H,9-15H2. The molecule has 0 radical (unpaired) electrons. The zero-order valence-electron chi connectivity index (χ0n) is 17.7. The fraction of sp³-hybridized carbons (Fsp3) is 0.364. The van der Waals surface area contributed by atoms with E-state index in [-0.39, 0.29) is 17.9 Å². The lowest BCUT2D eigenvalue weighted by Gasteiger charge is -2.31. The molecule has 0 aromatic heterocycles. The molecular formula is C22H23Br2N3O5S. The monoisotopic (exact) mass is 599 g/mol. The molecule has 4 rings (SSSR count). The Morgan fingerprint density at radius 3 is 2.12 bits per heavy atom. The van der Waals surface area contributed by atoms with Crippen LogP contribution in [0.3, 0.4) is 0 Å². The molecule has 11 heteroatoms. The van der Waals surface area contributed by atoms with Gasteiger partial charge in [0, 0.05) is 35.1 Å². The molecule has 0 bridgehead atoms. The van der Waals surface area contributed by atoms with Crippen LogP contribution in [0.1, 0.15) is 6.42 Å². The van der Waals surface area contributed by atoms with Gasteiger partial charge in [0.15, 0.2) is 0 Å². The molecule has 0 N–H and O–H groups in total. The van der Waals surface area contributed by atoms with E-state index in [9.17, 15) is 18.0 Å². The second-order valence-corrected chi connectivity index (χ2v) is 11.5. The number of carbonyl (C=O) groups is 2. The average molecular weight is 601 g/mol. The largest absolute Gasteiger partial charge is 0.379 e. The summed E-state index contributed by atoms with van der Waals surface area (Å²) in [6.07, 6.45) is -0.201. The van der Waals surface area contributed by atoms with Crippen molar-refractivity contribution in [2.24, 2.45) is 0 Å². The number of anilines is 1. The quantitative estimate of drug-likeness (QED) is 0.454. The van der Waals surface area contributed by atoms with Gasteiger partial charge in [0.05, 0.1) is 30.2 Å². The molecule has 176 valence electrons. The van der Waals surface area contributed by atoms with Crippen LogP contribution in [-0.4, -0.2) is 74.9 Å². The third-order valence-corrected chi connectivity index (χ3v) is 8.70. The van der Waals surface area contributed by atoms with Crippen molar-refractivity contribution in [3.63, 3.8) is 0 Å². The molecule has 2 aliphatic rings. The Bertz CT molecular complexity index is 1120. The number of halogens is 2. The van der Waals surface area contributed by atoms with Gasteiger partial charge in [-0.25, -0.2) is 13.3 Å². The number of ether oxygens (including phenoxy) is 1. The number of nitrogens with zero attached hydrogens (tertiary/aromatic N) is 3. The lowest BCUT2D eigenvalue weighted by atomic mass is 10.2. The van der Waals surface area contributed by atoms with Gasteiger partial charge in [-0.3, -0.25) is 14.5 Å². The van der Waals surface area contributed by atoms with Crippen LogP contribution in [0, 0.1) is 0 Å². The van der Waals surface area contributed by atoms with Crippen LogP contribution in [0.2, 0.25) is 0 Å². The maximum absolute atomic E-state index is 13.6. The Morgan fingerprint density at radius 1 is 0.939 bits per heavy atom. The predicted molar refractivity (Wildman–Crippen MR) is 130 cm³/mol. The lowest BCUT2D eigenvalue weighted by molar-refractivity contribution is -0.122. The molecule has 2 heterocycles. The van der Waals surface area contributed by atoms with E-state index in [1.165, 1.54) is 16.4 Å². The molecule has 0 spiro atoms. The lowest BCUT2D eigenvalue weighted by Crippen LogP contribution is -2.49. The fourth-order valence-corrected chi connectivity index (χ4v) is 6.05. The van der Waals surface area contributed by atoms with Crippen LogP contribution >= 0.6 is 31.9 Å². The van der Waals surface area contributed by atoms with Crippen LogP contribution in [0.25, 0.3) is 0 Å². The summed E-state index contributed by atoms with van der Waals surface area (Å²) in [7, 11) is -4.02. The highest BCUT2D eigenvalue weighted by Gasteiger charge is 2.46. The average Bonchev–Trinajstić information content (AvgIpc) is 3.09. The highest BCUT2D eigenvalue weighted by molar-refractivity contribution is 9.10. The molecule has 2 aromatic carbocycles. The predicted octanol–water partition coefficient (Wildman–Crippen LogP) is 2.87. The Labute approximate surface area is 209 Å². The van der Waals surface area contributed by atoms with Gasteiger partial charge in [-0.15, -0.1) is 0 Å². The first-order chi connectivity index (χ1) is 15.8. The van der Waals surface area contributed by atoms with E-state index >= 15 is 0 Å². The number of rotatable bonds is 7. The summed E-state index contributed by atoms with van der Waals surface area (Å²) < 4.78 is 35.4. The summed E-state index contributed by atoms with van der Waals surface area (Å²) in [5, 5.41) is 0. The second-order valence-electron chi connectivity index (χ2n) is 7.79. The minimum Gasteiger partial charge on any atom is -0.379 e. The SMILES string of the molecule is O=C1CC(N(CCN2CCOCC2)S(=O)(=O)c2ccc(Br)cc2)C(=O)N1c1ccc(Br)cc1. The molecule has 1 atom stereocenters. The Balaban J connectivity index is 1.64. The van der Waals surface area contributed by atoms with E-state index in [1.54, 1.807) is 36.4 Å². The number of hydrogen-bond donors (Lipinski definition) is 0. The van der Waals surface area contributed by atoms with Gasteiger partial charge in [0.1, 0.15) is 6.04 Å². The molecule has 0 saturated carbocycles. The van der Waals surface area contributed by atoms with E-state index in [0.29, 0.717) is 38.5 Å². The zero-order valence-corrected chi connectivity index (χ0v) is 21.7. The molecule has 33 heavy (non-hydrogen) atoms. The molecule has 1 unspecified atom stereocenters. The number of hydrogen-bond acceptors (Lipinski definition) is 6. The summed E-state index contributed by atoms with van der Waals surface area (Å²) in [5.41, 5.74) is 0.421. The van der Waals surface area contributed by atoms with Crippen LogP contribution < -0.4 is 4.90 Å². The van der Waals surface area contributed by atoms with Crippen molar-refractivity contribution >= 4 is 59.4 Å². The molecule has 2 saturated heterocycles. The van der Waals surface area contributed by atoms with Gasteiger partial charge >= 0.3 is 0 Å². The van der Waals surface area contributed by atoms with Crippen molar-refractivity contribution in [1.29, 1.82) is 0 Å². The van der Waals surface area contributed by atoms with Crippen molar-refractivity contribution in [2.45, 2.75) is 17.4 Å². The summed E-state index contributed by atoms with van der Waals surface area (Å²) in [4.78, 5) is 29.5. The molecule has 2 fully saturated rings. The number of amides is 2. The number of morpholine rings is 1. The molecule has 0 aliphatic carbocycles. The van der Waals surface area contributed by atoms with Gasteiger partial charge in [0.25, 0.3) is 5.91 Å². The van der Waals surface area contributed by atoms with Crippen molar-refractivity contribution in [2.75, 3.05) is 44.3 Å². The number of sulfonamides is 1. The van der Waals surface area contributed by atoms with Gasteiger partial charge in [0.2, 0.25) is 15.9 Å². The van der Waals surface area contributed by atoms with Crippen molar-refractivity contribution < 1.29 is 22.7 Å². The van der Waals surface area contributed by atoms with Gasteiger partial charge in [-0.05, 0) is 48.5 Å². The molecule has 8 nitrogen and oxygen atoms in total. The first-order valence-electron chi connectivity index (χ1n) is 10.5. The number of benzene rings is 2. The van der Waals surface area contributed by atoms with Crippen LogP contribution in [0.15, 0.2) is 62.4 Å². The first kappa shape index (κ1) is 24.5. The summed E-state index contributed by atoms with van der Waals surface area (Å²) in [6.45, 7) is 3.07. The number of carbonyl (C=O) groups excluding carboxylic acids is 2. The maximum atomic E-state index is 13.6. The minimum atomic E-state index is -4.02. The van der Waals surface area contributed by atoms with E-state index < -0.39 is 27.9 Å². The third-order valence-electron chi connectivity index (χ3n) is 5.72. The highest BCUT2D eigenvalue weighted by atomic mass is 79.9. The summed E-state index contributed by atoms with van der Waals surface area (Å²) in [6, 6.07) is 12.0. The van der Waals surface area contributed by atoms with Gasteiger partial charge in [-0.1, -0.05) is 31.9 Å². The maximum Gasteiger partial charge on any atom is 0.252 e. The Hall–Kier alpha value is -1.63. The fourth-order valence-electron chi connectivity index (χ4n) is 3.95.